The molecule has 162 valence electrons. The molecule has 1 aromatic rings. The van der Waals surface area contributed by atoms with Gasteiger partial charge in [-0.05, 0) is 44.6 Å². The van der Waals surface area contributed by atoms with E-state index in [0.717, 1.165) is 51.4 Å². The SMILES string of the molecule is CN=C(NCC1(NC(C)c2ccccc2)CCOCC1)NC1CC2CCC1O2.I. The van der Waals surface area contributed by atoms with Gasteiger partial charge in [-0.25, -0.2) is 0 Å². The van der Waals surface area contributed by atoms with Crippen molar-refractivity contribution in [1.82, 2.24) is 16.0 Å². The van der Waals surface area contributed by atoms with Gasteiger partial charge in [-0.1, -0.05) is 30.3 Å². The highest BCUT2D eigenvalue weighted by Crippen LogP contribution is 2.34. The molecule has 3 aliphatic heterocycles. The average molecular weight is 514 g/mol. The third-order valence-electron chi connectivity index (χ3n) is 6.52. The Labute approximate surface area is 191 Å². The molecule has 4 rings (SSSR count). The van der Waals surface area contributed by atoms with E-state index in [1.807, 2.05) is 7.05 Å². The molecule has 0 aromatic heterocycles. The molecule has 4 unspecified atom stereocenters. The molecule has 0 radical (unpaired) electrons. The average Bonchev–Trinajstić information content (AvgIpc) is 3.35. The molecule has 3 aliphatic rings. The van der Waals surface area contributed by atoms with E-state index in [1.165, 1.54) is 12.0 Å². The number of nitrogens with zero attached hydrogens (tertiary/aromatic N) is 1. The summed E-state index contributed by atoms with van der Waals surface area (Å²) in [6.07, 6.45) is 6.23. The van der Waals surface area contributed by atoms with E-state index in [1.54, 1.807) is 0 Å². The minimum Gasteiger partial charge on any atom is -0.381 e. The second-order valence-electron chi connectivity index (χ2n) is 8.46. The van der Waals surface area contributed by atoms with Crippen molar-refractivity contribution in [3.8, 4) is 0 Å². The maximum atomic E-state index is 5.97. The van der Waals surface area contributed by atoms with Gasteiger partial charge in [0.15, 0.2) is 5.96 Å². The van der Waals surface area contributed by atoms with Gasteiger partial charge in [0, 0.05) is 38.4 Å². The third-order valence-corrected chi connectivity index (χ3v) is 6.52. The van der Waals surface area contributed by atoms with Crippen LogP contribution in [0.15, 0.2) is 35.3 Å². The molecule has 1 aromatic carbocycles. The van der Waals surface area contributed by atoms with E-state index in [9.17, 15) is 0 Å². The second-order valence-corrected chi connectivity index (χ2v) is 8.46. The summed E-state index contributed by atoms with van der Waals surface area (Å²) in [5, 5.41) is 11.1. The van der Waals surface area contributed by atoms with Gasteiger partial charge in [-0.2, -0.15) is 0 Å². The van der Waals surface area contributed by atoms with Crippen LogP contribution in [-0.4, -0.2) is 56.6 Å². The number of hydrogen-bond donors (Lipinski definition) is 3. The molecule has 3 fully saturated rings. The highest BCUT2D eigenvalue weighted by Gasteiger charge is 2.41. The molecule has 3 saturated heterocycles. The van der Waals surface area contributed by atoms with Gasteiger partial charge < -0.3 is 25.4 Å². The summed E-state index contributed by atoms with van der Waals surface area (Å²) in [5.74, 6) is 0.876. The lowest BCUT2D eigenvalue weighted by atomic mass is 9.88. The van der Waals surface area contributed by atoms with Crippen LogP contribution in [0.3, 0.4) is 0 Å². The first kappa shape index (κ1) is 22.8. The third kappa shape index (κ3) is 5.62. The number of rotatable bonds is 6. The molecule has 2 bridgehead atoms. The van der Waals surface area contributed by atoms with Crippen LogP contribution in [0.4, 0.5) is 0 Å². The first-order chi connectivity index (χ1) is 13.7. The highest BCUT2D eigenvalue weighted by molar-refractivity contribution is 14.0. The van der Waals surface area contributed by atoms with E-state index < -0.39 is 0 Å². The lowest BCUT2D eigenvalue weighted by Crippen LogP contribution is -2.59. The van der Waals surface area contributed by atoms with E-state index in [2.05, 4.69) is 58.2 Å². The normalized spacial score (nSPS) is 29.2. The summed E-state index contributed by atoms with van der Waals surface area (Å²) in [4.78, 5) is 4.47. The lowest BCUT2D eigenvalue weighted by molar-refractivity contribution is 0.0354. The molecule has 3 heterocycles. The number of nitrogens with one attached hydrogen (secondary N) is 3. The fourth-order valence-corrected chi connectivity index (χ4v) is 4.83. The number of guanidine groups is 1. The zero-order chi connectivity index (χ0) is 19.4. The van der Waals surface area contributed by atoms with Gasteiger partial charge in [0.05, 0.1) is 18.2 Å². The zero-order valence-corrected chi connectivity index (χ0v) is 19.9. The molecule has 0 amide bonds. The fourth-order valence-electron chi connectivity index (χ4n) is 4.83. The zero-order valence-electron chi connectivity index (χ0n) is 17.5. The maximum absolute atomic E-state index is 5.97. The smallest absolute Gasteiger partial charge is 0.191 e. The number of halogens is 1. The summed E-state index contributed by atoms with van der Waals surface area (Å²) >= 11 is 0. The molecular formula is C22H35IN4O2. The Morgan fingerprint density at radius 2 is 1.97 bits per heavy atom. The minimum absolute atomic E-state index is 0. The maximum Gasteiger partial charge on any atom is 0.191 e. The summed E-state index contributed by atoms with van der Waals surface area (Å²) in [6.45, 7) is 4.66. The minimum atomic E-state index is -0.00366. The Balaban J connectivity index is 0.00000240. The largest absolute Gasteiger partial charge is 0.381 e. The Kier molecular flexibility index (Phi) is 8.18. The van der Waals surface area contributed by atoms with Crippen molar-refractivity contribution >= 4 is 29.9 Å². The standard InChI is InChI=1S/C22H34N4O2.HI/c1-16(17-6-4-3-5-7-17)26-22(10-12-27-13-11-22)15-24-21(23-2)25-19-14-18-8-9-20(19)28-18;/h3-7,16,18-20,26H,8-15H2,1-2H3,(H2,23,24,25);1H. The molecule has 0 aliphatic carbocycles. The van der Waals surface area contributed by atoms with Crippen LogP contribution in [-0.2, 0) is 9.47 Å². The predicted molar refractivity (Wildman–Crippen MR) is 127 cm³/mol. The number of ether oxygens (including phenoxy) is 2. The van der Waals surface area contributed by atoms with Crippen LogP contribution in [0.1, 0.15) is 50.6 Å². The van der Waals surface area contributed by atoms with E-state index in [0.29, 0.717) is 18.2 Å². The Morgan fingerprint density at radius 3 is 2.59 bits per heavy atom. The fraction of sp³-hybridized carbons (Fsp3) is 0.682. The molecule has 6 nitrogen and oxygen atoms in total. The van der Waals surface area contributed by atoms with E-state index >= 15 is 0 Å². The van der Waals surface area contributed by atoms with Crippen LogP contribution in [0.25, 0.3) is 0 Å². The van der Waals surface area contributed by atoms with Gasteiger partial charge in [0.25, 0.3) is 0 Å². The summed E-state index contributed by atoms with van der Waals surface area (Å²) in [7, 11) is 1.85. The molecule has 29 heavy (non-hydrogen) atoms. The molecule has 7 heteroatoms. The van der Waals surface area contributed by atoms with Crippen molar-refractivity contribution in [3.63, 3.8) is 0 Å². The van der Waals surface area contributed by atoms with Crippen molar-refractivity contribution in [2.24, 2.45) is 4.99 Å². The summed E-state index contributed by atoms with van der Waals surface area (Å²) in [5.41, 5.74) is 1.31. The number of benzene rings is 1. The monoisotopic (exact) mass is 514 g/mol. The molecule has 4 atom stereocenters. The quantitative estimate of drug-likeness (QED) is 0.310. The van der Waals surface area contributed by atoms with Crippen molar-refractivity contribution < 1.29 is 9.47 Å². The molecular weight excluding hydrogens is 479 g/mol. The van der Waals surface area contributed by atoms with Crippen LogP contribution in [0.2, 0.25) is 0 Å². The Morgan fingerprint density at radius 1 is 1.21 bits per heavy atom. The van der Waals surface area contributed by atoms with Crippen LogP contribution >= 0.6 is 24.0 Å². The van der Waals surface area contributed by atoms with E-state index in [4.69, 9.17) is 9.47 Å². The Bertz CT molecular complexity index is 666. The lowest BCUT2D eigenvalue weighted by Gasteiger charge is -2.41. The van der Waals surface area contributed by atoms with Gasteiger partial charge in [0.1, 0.15) is 0 Å². The first-order valence-corrected chi connectivity index (χ1v) is 10.7. The van der Waals surface area contributed by atoms with Crippen LogP contribution in [0, 0.1) is 0 Å². The van der Waals surface area contributed by atoms with Crippen molar-refractivity contribution in [3.05, 3.63) is 35.9 Å². The topological polar surface area (TPSA) is 66.9 Å². The highest BCUT2D eigenvalue weighted by atomic mass is 127. The number of fused-ring (bicyclic) bond motifs is 2. The first-order valence-electron chi connectivity index (χ1n) is 10.7. The van der Waals surface area contributed by atoms with Crippen molar-refractivity contribution in [1.29, 1.82) is 0 Å². The van der Waals surface area contributed by atoms with E-state index in [-0.39, 0.29) is 35.6 Å². The van der Waals surface area contributed by atoms with Crippen molar-refractivity contribution in [2.45, 2.75) is 68.9 Å². The van der Waals surface area contributed by atoms with Gasteiger partial charge in [-0.15, -0.1) is 24.0 Å². The van der Waals surface area contributed by atoms with Gasteiger partial charge in [-0.3, -0.25) is 4.99 Å². The van der Waals surface area contributed by atoms with Crippen LogP contribution in [0.5, 0.6) is 0 Å². The van der Waals surface area contributed by atoms with Gasteiger partial charge >= 0.3 is 0 Å². The second kappa shape index (κ2) is 10.4. The summed E-state index contributed by atoms with van der Waals surface area (Å²) in [6, 6.07) is 11.3. The molecule has 0 saturated carbocycles. The summed E-state index contributed by atoms with van der Waals surface area (Å²) < 4.78 is 11.6. The number of aliphatic imine (C=N–C) groups is 1. The Hall–Kier alpha value is -0.900. The van der Waals surface area contributed by atoms with Gasteiger partial charge in [0.2, 0.25) is 0 Å². The van der Waals surface area contributed by atoms with Crippen LogP contribution < -0.4 is 16.0 Å². The molecule has 0 spiro atoms. The molecule has 3 N–H and O–H groups in total. The van der Waals surface area contributed by atoms with Crippen molar-refractivity contribution in [2.75, 3.05) is 26.8 Å². The predicted octanol–water partition coefficient (Wildman–Crippen LogP) is 2.99. The number of hydrogen-bond acceptors (Lipinski definition) is 4.